The van der Waals surface area contributed by atoms with E-state index in [4.69, 9.17) is 11.6 Å². The molecule has 3 aromatic carbocycles. The minimum Gasteiger partial charge on any atom is -0.323 e. The Hall–Kier alpha value is -3.36. The van der Waals surface area contributed by atoms with Gasteiger partial charge in [-0.25, -0.2) is 8.42 Å². The number of hydrogen-bond acceptors (Lipinski definition) is 4. The summed E-state index contributed by atoms with van der Waals surface area (Å²) in [6, 6.07) is 17.7. The van der Waals surface area contributed by atoms with Crippen LogP contribution < -0.4 is 14.9 Å². The number of aryl methyl sites for hydroxylation is 1. The Balaban J connectivity index is 1.60. The summed E-state index contributed by atoms with van der Waals surface area (Å²) in [6.45, 7) is 1.73. The molecule has 3 aromatic rings. The number of nitrogens with one attached hydrogen (secondary N) is 2. The van der Waals surface area contributed by atoms with Crippen LogP contribution in [0.4, 0.5) is 17.1 Å². The summed E-state index contributed by atoms with van der Waals surface area (Å²) in [6.07, 6.45) is 0. The van der Waals surface area contributed by atoms with Gasteiger partial charge >= 0.3 is 0 Å². The summed E-state index contributed by atoms with van der Waals surface area (Å²) in [7, 11) is -3.84. The van der Waals surface area contributed by atoms with Gasteiger partial charge in [0, 0.05) is 5.56 Å². The van der Waals surface area contributed by atoms with Gasteiger partial charge in [0.25, 0.3) is 15.9 Å². The quantitative estimate of drug-likeness (QED) is 0.620. The summed E-state index contributed by atoms with van der Waals surface area (Å²) < 4.78 is 27.7. The summed E-state index contributed by atoms with van der Waals surface area (Å²) in [5.74, 6) is -0.724. The first kappa shape index (κ1) is 20.9. The van der Waals surface area contributed by atoms with Crippen LogP contribution in [0, 0.1) is 6.92 Å². The van der Waals surface area contributed by atoms with E-state index >= 15 is 0 Å². The lowest BCUT2D eigenvalue weighted by Crippen LogP contribution is -2.42. The Morgan fingerprint density at radius 3 is 2.48 bits per heavy atom. The van der Waals surface area contributed by atoms with Gasteiger partial charge in [-0.05, 0) is 49.4 Å². The molecule has 2 amide bonds. The van der Waals surface area contributed by atoms with Crippen molar-refractivity contribution in [3.8, 4) is 0 Å². The van der Waals surface area contributed by atoms with E-state index in [1.807, 2.05) is 6.92 Å². The van der Waals surface area contributed by atoms with Gasteiger partial charge in [0.2, 0.25) is 5.91 Å². The highest BCUT2D eigenvalue weighted by molar-refractivity contribution is 7.92. The Kier molecular flexibility index (Phi) is 5.43. The number of hydrogen-bond donors (Lipinski definition) is 2. The Morgan fingerprint density at radius 1 is 1.06 bits per heavy atom. The van der Waals surface area contributed by atoms with Crippen molar-refractivity contribution in [1.29, 1.82) is 0 Å². The maximum atomic E-state index is 13.1. The van der Waals surface area contributed by atoms with Crippen molar-refractivity contribution in [2.24, 2.45) is 0 Å². The molecule has 9 heteroatoms. The van der Waals surface area contributed by atoms with Gasteiger partial charge in [-0.2, -0.15) is 0 Å². The number of anilines is 3. The topological polar surface area (TPSA) is 95.6 Å². The Labute approximate surface area is 184 Å². The predicted octanol–water partition coefficient (Wildman–Crippen LogP) is 4.05. The number of sulfonamides is 1. The zero-order chi connectivity index (χ0) is 22.2. The minimum atomic E-state index is -3.84. The van der Waals surface area contributed by atoms with E-state index in [-0.39, 0.29) is 33.6 Å². The first-order chi connectivity index (χ1) is 14.7. The summed E-state index contributed by atoms with van der Waals surface area (Å²) in [5, 5.41) is 2.79. The standard InChI is InChI=1S/C22H18ClN3O4S/c1-14-6-9-16(10-7-14)31(29,30)25-18-11-8-15(12-17(18)23)22(28)26-13-21(27)24-19-4-2-3-5-20(19)26/h2-12,25H,13H2,1H3,(H,24,27). The van der Waals surface area contributed by atoms with Crippen LogP contribution in [0.25, 0.3) is 0 Å². The molecule has 0 saturated heterocycles. The molecule has 0 bridgehead atoms. The number of halogens is 1. The Bertz CT molecular complexity index is 1290. The normalized spacial score (nSPS) is 13.4. The molecule has 0 spiro atoms. The number of fused-ring (bicyclic) bond motifs is 1. The number of nitrogens with zero attached hydrogens (tertiary/aromatic N) is 1. The van der Waals surface area contributed by atoms with Crippen LogP contribution in [0.1, 0.15) is 15.9 Å². The SMILES string of the molecule is Cc1ccc(S(=O)(=O)Nc2ccc(C(=O)N3CC(=O)Nc4ccccc43)cc2Cl)cc1. The average Bonchev–Trinajstić information content (AvgIpc) is 2.74. The van der Waals surface area contributed by atoms with Gasteiger partial charge in [-0.3, -0.25) is 19.2 Å². The number of carbonyl (C=O) groups excluding carboxylic acids is 2. The second-order valence-electron chi connectivity index (χ2n) is 7.07. The van der Waals surface area contributed by atoms with Gasteiger partial charge in [-0.15, -0.1) is 0 Å². The van der Waals surface area contributed by atoms with Crippen molar-refractivity contribution < 1.29 is 18.0 Å². The van der Waals surface area contributed by atoms with Crippen LogP contribution in [0.3, 0.4) is 0 Å². The molecule has 0 radical (unpaired) electrons. The van der Waals surface area contributed by atoms with E-state index in [2.05, 4.69) is 10.0 Å². The minimum absolute atomic E-state index is 0.0660. The summed E-state index contributed by atoms with van der Waals surface area (Å²) in [4.78, 5) is 26.5. The molecule has 1 aliphatic rings. The predicted molar refractivity (Wildman–Crippen MR) is 120 cm³/mol. The number of amides is 2. The molecule has 0 atom stereocenters. The maximum Gasteiger partial charge on any atom is 0.261 e. The van der Waals surface area contributed by atoms with Crippen molar-refractivity contribution in [3.63, 3.8) is 0 Å². The molecule has 158 valence electrons. The smallest absolute Gasteiger partial charge is 0.261 e. The van der Waals surface area contributed by atoms with E-state index in [0.29, 0.717) is 11.4 Å². The molecule has 31 heavy (non-hydrogen) atoms. The molecule has 2 N–H and O–H groups in total. The molecule has 0 aliphatic carbocycles. The maximum absolute atomic E-state index is 13.1. The molecule has 4 rings (SSSR count). The van der Waals surface area contributed by atoms with Gasteiger partial charge in [-0.1, -0.05) is 41.4 Å². The lowest BCUT2D eigenvalue weighted by atomic mass is 10.1. The molecule has 0 aromatic heterocycles. The lowest BCUT2D eigenvalue weighted by Gasteiger charge is -2.29. The molecular formula is C22H18ClN3O4S. The number of para-hydroxylation sites is 2. The zero-order valence-electron chi connectivity index (χ0n) is 16.4. The van der Waals surface area contributed by atoms with Gasteiger partial charge < -0.3 is 5.32 Å². The fraction of sp³-hybridized carbons (Fsp3) is 0.0909. The highest BCUT2D eigenvalue weighted by Crippen LogP contribution is 2.32. The van der Waals surface area contributed by atoms with Crippen LogP contribution in [0.2, 0.25) is 5.02 Å². The van der Waals surface area contributed by atoms with Crippen molar-refractivity contribution in [1.82, 2.24) is 0 Å². The van der Waals surface area contributed by atoms with Crippen molar-refractivity contribution in [3.05, 3.63) is 82.9 Å². The molecule has 1 aliphatic heterocycles. The average molecular weight is 456 g/mol. The Morgan fingerprint density at radius 2 is 1.77 bits per heavy atom. The first-order valence-electron chi connectivity index (χ1n) is 9.34. The summed E-state index contributed by atoms with van der Waals surface area (Å²) >= 11 is 6.28. The van der Waals surface area contributed by atoms with Gasteiger partial charge in [0.05, 0.1) is 27.0 Å². The number of carbonyl (C=O) groups is 2. The molecule has 0 fully saturated rings. The van der Waals surface area contributed by atoms with Gasteiger partial charge in [0.1, 0.15) is 6.54 Å². The fourth-order valence-electron chi connectivity index (χ4n) is 3.22. The number of rotatable bonds is 4. The van der Waals surface area contributed by atoms with Gasteiger partial charge in [0.15, 0.2) is 0 Å². The van der Waals surface area contributed by atoms with Crippen LogP contribution in [0.5, 0.6) is 0 Å². The molecule has 7 nitrogen and oxygen atoms in total. The third-order valence-corrected chi connectivity index (χ3v) is 6.50. The van der Waals surface area contributed by atoms with E-state index in [9.17, 15) is 18.0 Å². The van der Waals surface area contributed by atoms with E-state index in [0.717, 1.165) is 5.56 Å². The van der Waals surface area contributed by atoms with E-state index in [1.165, 1.54) is 35.2 Å². The third-order valence-electron chi connectivity index (χ3n) is 4.81. The third kappa shape index (κ3) is 4.26. The second kappa shape index (κ2) is 8.05. The monoisotopic (exact) mass is 455 g/mol. The van der Waals surface area contributed by atoms with E-state index < -0.39 is 15.9 Å². The van der Waals surface area contributed by atoms with Crippen molar-refractivity contribution >= 4 is 50.5 Å². The van der Waals surface area contributed by atoms with Crippen LogP contribution >= 0.6 is 11.6 Å². The zero-order valence-corrected chi connectivity index (χ0v) is 18.0. The highest BCUT2D eigenvalue weighted by Gasteiger charge is 2.28. The van der Waals surface area contributed by atoms with Crippen LogP contribution in [0.15, 0.2) is 71.6 Å². The van der Waals surface area contributed by atoms with Crippen molar-refractivity contribution in [2.45, 2.75) is 11.8 Å². The lowest BCUT2D eigenvalue weighted by molar-refractivity contribution is -0.115. The summed E-state index contributed by atoms with van der Waals surface area (Å²) in [5.41, 5.74) is 2.43. The fourth-order valence-corrected chi connectivity index (χ4v) is 4.59. The number of benzene rings is 3. The van der Waals surface area contributed by atoms with Crippen molar-refractivity contribution in [2.75, 3.05) is 21.5 Å². The van der Waals surface area contributed by atoms with Crippen LogP contribution in [-0.2, 0) is 14.8 Å². The van der Waals surface area contributed by atoms with E-state index in [1.54, 1.807) is 36.4 Å². The molecule has 0 saturated carbocycles. The highest BCUT2D eigenvalue weighted by atomic mass is 35.5. The first-order valence-corrected chi connectivity index (χ1v) is 11.2. The molecular weight excluding hydrogens is 438 g/mol. The largest absolute Gasteiger partial charge is 0.323 e. The molecule has 0 unspecified atom stereocenters. The second-order valence-corrected chi connectivity index (χ2v) is 9.16. The van der Waals surface area contributed by atoms with Crippen LogP contribution in [-0.4, -0.2) is 26.8 Å². The molecule has 1 heterocycles.